The highest BCUT2D eigenvalue weighted by Gasteiger charge is 2.23. The van der Waals surface area contributed by atoms with E-state index >= 15 is 0 Å². The molecule has 4 heterocycles. The zero-order valence-corrected chi connectivity index (χ0v) is 21.5. The molecular weight excluding hydrogens is 464 g/mol. The zero-order chi connectivity index (χ0) is 24.0. The Morgan fingerprint density at radius 1 is 1.09 bits per heavy atom. The van der Waals surface area contributed by atoms with Crippen LogP contribution >= 0.6 is 12.4 Å². The molecule has 0 fully saturated rings. The van der Waals surface area contributed by atoms with Crippen LogP contribution in [-0.4, -0.2) is 35.8 Å². The Bertz CT molecular complexity index is 1430. The number of benzene rings is 1. The molecule has 0 bridgehead atoms. The fraction of sp³-hybridized carbons (Fsp3) is 0.400. The van der Waals surface area contributed by atoms with Crippen molar-refractivity contribution in [3.63, 3.8) is 0 Å². The minimum absolute atomic E-state index is 0. The lowest BCUT2D eigenvalue weighted by atomic mass is 9.96. The standard InChI is InChI=1S/C25H30N8O.ClH/c1-15(2)32-22(34)19-14-28-24(29-18-7-6-16-8-10-26-13-17(16)12-18)31-21(19)33(32)20-9-11-27-23(30-20)25(3,4)5;/h6-7,9,11-12,14-15,26H,8,10,13H2,1-5H3,(H,28,29,31);1H. The van der Waals surface area contributed by atoms with E-state index in [1.165, 1.54) is 11.1 Å². The second-order valence-corrected chi connectivity index (χ2v) is 10.0. The van der Waals surface area contributed by atoms with Gasteiger partial charge >= 0.3 is 0 Å². The third-order valence-corrected chi connectivity index (χ3v) is 5.99. The fourth-order valence-corrected chi connectivity index (χ4v) is 4.26. The number of hydrogen-bond acceptors (Lipinski definition) is 7. The van der Waals surface area contributed by atoms with Crippen LogP contribution in [0.5, 0.6) is 0 Å². The average molecular weight is 495 g/mol. The van der Waals surface area contributed by atoms with Crippen molar-refractivity contribution in [3.05, 3.63) is 64.0 Å². The van der Waals surface area contributed by atoms with E-state index in [4.69, 9.17) is 9.97 Å². The molecular formula is C25H31ClN8O. The lowest BCUT2D eigenvalue weighted by molar-refractivity contribution is 0.467. The van der Waals surface area contributed by atoms with E-state index in [1.54, 1.807) is 27.8 Å². The van der Waals surface area contributed by atoms with Crippen molar-refractivity contribution in [1.82, 2.24) is 34.6 Å². The van der Waals surface area contributed by atoms with Gasteiger partial charge in [-0.05, 0) is 50.1 Å². The van der Waals surface area contributed by atoms with Crippen LogP contribution < -0.4 is 16.2 Å². The maximum atomic E-state index is 13.3. The first-order chi connectivity index (χ1) is 16.2. The van der Waals surface area contributed by atoms with E-state index in [9.17, 15) is 4.79 Å². The molecule has 1 aromatic carbocycles. The highest BCUT2D eigenvalue weighted by atomic mass is 35.5. The maximum absolute atomic E-state index is 13.3. The van der Waals surface area contributed by atoms with Crippen molar-refractivity contribution in [1.29, 1.82) is 0 Å². The largest absolute Gasteiger partial charge is 0.324 e. The highest BCUT2D eigenvalue weighted by molar-refractivity contribution is 5.85. The van der Waals surface area contributed by atoms with Gasteiger partial charge < -0.3 is 10.6 Å². The summed E-state index contributed by atoms with van der Waals surface area (Å²) in [5.74, 6) is 1.73. The Kier molecular flexibility index (Phi) is 6.66. The molecule has 0 atom stereocenters. The molecule has 1 aliphatic rings. The van der Waals surface area contributed by atoms with Crippen molar-refractivity contribution in [2.24, 2.45) is 0 Å². The minimum atomic E-state index is -0.231. The quantitative estimate of drug-likeness (QED) is 0.441. The number of halogens is 1. The van der Waals surface area contributed by atoms with Gasteiger partial charge in [-0.3, -0.25) is 4.79 Å². The van der Waals surface area contributed by atoms with Crippen LogP contribution in [-0.2, 0) is 18.4 Å². The highest BCUT2D eigenvalue weighted by Crippen LogP contribution is 2.24. The average Bonchev–Trinajstić information content (AvgIpc) is 3.10. The molecule has 9 nitrogen and oxygen atoms in total. The Morgan fingerprint density at radius 3 is 2.63 bits per heavy atom. The summed E-state index contributed by atoms with van der Waals surface area (Å²) in [6.07, 6.45) is 4.35. The summed E-state index contributed by atoms with van der Waals surface area (Å²) in [5, 5.41) is 7.16. The molecule has 1 aliphatic heterocycles. The number of aromatic nitrogens is 6. The summed E-state index contributed by atoms with van der Waals surface area (Å²) in [5.41, 5.74) is 3.68. The molecule has 0 radical (unpaired) electrons. The predicted molar refractivity (Wildman–Crippen MR) is 140 cm³/mol. The Labute approximate surface area is 210 Å². The van der Waals surface area contributed by atoms with E-state index in [2.05, 4.69) is 53.5 Å². The summed E-state index contributed by atoms with van der Waals surface area (Å²) in [4.78, 5) is 31.7. The van der Waals surface area contributed by atoms with Gasteiger partial charge in [-0.1, -0.05) is 26.8 Å². The lowest BCUT2D eigenvalue weighted by Crippen LogP contribution is -2.25. The zero-order valence-electron chi connectivity index (χ0n) is 20.7. The normalized spacial score (nSPS) is 13.5. The predicted octanol–water partition coefficient (Wildman–Crippen LogP) is 4.06. The molecule has 35 heavy (non-hydrogen) atoms. The summed E-state index contributed by atoms with van der Waals surface area (Å²) in [7, 11) is 0. The number of anilines is 2. The summed E-state index contributed by atoms with van der Waals surface area (Å²) < 4.78 is 3.45. The molecule has 4 aromatic rings. The monoisotopic (exact) mass is 494 g/mol. The minimum Gasteiger partial charge on any atom is -0.324 e. The van der Waals surface area contributed by atoms with E-state index in [-0.39, 0.29) is 29.4 Å². The van der Waals surface area contributed by atoms with Gasteiger partial charge in [-0.15, -0.1) is 12.4 Å². The van der Waals surface area contributed by atoms with Crippen molar-refractivity contribution in [2.45, 2.75) is 59.0 Å². The van der Waals surface area contributed by atoms with Crippen molar-refractivity contribution in [2.75, 3.05) is 11.9 Å². The van der Waals surface area contributed by atoms with Crippen LogP contribution in [0.25, 0.3) is 16.9 Å². The van der Waals surface area contributed by atoms with E-state index in [0.717, 1.165) is 25.2 Å². The van der Waals surface area contributed by atoms with Crippen molar-refractivity contribution < 1.29 is 0 Å². The summed E-state index contributed by atoms with van der Waals surface area (Å²) in [6.45, 7) is 12.0. The summed E-state index contributed by atoms with van der Waals surface area (Å²) >= 11 is 0. The Hall–Kier alpha value is -3.30. The maximum Gasteiger partial charge on any atom is 0.278 e. The molecule has 0 saturated heterocycles. The third-order valence-electron chi connectivity index (χ3n) is 5.99. The first kappa shape index (κ1) is 24.8. The first-order valence-corrected chi connectivity index (χ1v) is 11.7. The van der Waals surface area contributed by atoms with E-state index in [1.807, 2.05) is 19.9 Å². The molecule has 2 N–H and O–H groups in total. The second-order valence-electron chi connectivity index (χ2n) is 10.0. The molecule has 0 spiro atoms. The van der Waals surface area contributed by atoms with Gasteiger partial charge in [0.2, 0.25) is 5.95 Å². The molecule has 184 valence electrons. The van der Waals surface area contributed by atoms with Gasteiger partial charge in [-0.25, -0.2) is 24.3 Å². The van der Waals surface area contributed by atoms with Crippen molar-refractivity contribution >= 4 is 35.1 Å². The van der Waals surface area contributed by atoms with Crippen LogP contribution in [0.3, 0.4) is 0 Å². The summed E-state index contributed by atoms with van der Waals surface area (Å²) in [6, 6.07) is 8.03. The molecule has 5 rings (SSSR count). The molecule has 3 aromatic heterocycles. The third kappa shape index (κ3) is 4.66. The van der Waals surface area contributed by atoms with Crippen LogP contribution in [0, 0.1) is 0 Å². The van der Waals surface area contributed by atoms with Crippen LogP contribution in [0.1, 0.15) is 57.6 Å². The molecule has 0 saturated carbocycles. The number of rotatable bonds is 4. The Balaban J connectivity index is 0.00000289. The topological polar surface area (TPSA) is 103 Å². The van der Waals surface area contributed by atoms with Crippen LogP contribution in [0.4, 0.5) is 11.6 Å². The van der Waals surface area contributed by atoms with Gasteiger partial charge in [0.25, 0.3) is 5.56 Å². The SMILES string of the molecule is CC(C)n1c(=O)c2cnc(Nc3ccc4c(c3)CNCC4)nc2n1-c1ccnc(C(C)(C)C)n1.Cl. The van der Waals surface area contributed by atoms with Crippen LogP contribution in [0.15, 0.2) is 41.5 Å². The van der Waals surface area contributed by atoms with Gasteiger partial charge in [0.1, 0.15) is 11.2 Å². The molecule has 10 heteroatoms. The van der Waals surface area contributed by atoms with Crippen molar-refractivity contribution in [3.8, 4) is 5.82 Å². The fourth-order valence-electron chi connectivity index (χ4n) is 4.26. The smallest absolute Gasteiger partial charge is 0.278 e. The molecule has 0 unspecified atom stereocenters. The van der Waals surface area contributed by atoms with Gasteiger partial charge in [0.15, 0.2) is 11.5 Å². The van der Waals surface area contributed by atoms with E-state index in [0.29, 0.717) is 28.6 Å². The van der Waals surface area contributed by atoms with Crippen LogP contribution in [0.2, 0.25) is 0 Å². The number of nitrogens with zero attached hydrogens (tertiary/aromatic N) is 6. The van der Waals surface area contributed by atoms with Gasteiger partial charge in [0.05, 0.1) is 0 Å². The van der Waals surface area contributed by atoms with Gasteiger partial charge in [-0.2, -0.15) is 4.98 Å². The van der Waals surface area contributed by atoms with E-state index < -0.39 is 0 Å². The number of hydrogen-bond donors (Lipinski definition) is 2. The first-order valence-electron chi connectivity index (χ1n) is 11.7. The Morgan fingerprint density at radius 2 is 1.89 bits per heavy atom. The lowest BCUT2D eigenvalue weighted by Gasteiger charge is -2.19. The molecule has 0 amide bonds. The van der Waals surface area contributed by atoms with Gasteiger partial charge in [0, 0.05) is 42.1 Å². The molecule has 0 aliphatic carbocycles. The second kappa shape index (κ2) is 9.39. The number of fused-ring (bicyclic) bond motifs is 2. The number of nitrogens with one attached hydrogen (secondary N) is 2.